The number of nitrogens with one attached hydrogen (secondary N) is 1. The SMILES string of the molecule is Cc1ccc(S(=O)(=O)N2CCCCCC2)cc1C(=O)NCc1ccc(Cl)cc1. The van der Waals surface area contributed by atoms with Crippen molar-refractivity contribution in [2.75, 3.05) is 13.1 Å². The van der Waals surface area contributed by atoms with Gasteiger partial charge in [-0.05, 0) is 55.2 Å². The van der Waals surface area contributed by atoms with E-state index >= 15 is 0 Å². The Morgan fingerprint density at radius 3 is 2.32 bits per heavy atom. The van der Waals surface area contributed by atoms with E-state index in [0.29, 0.717) is 30.2 Å². The number of nitrogens with zero attached hydrogens (tertiary/aromatic N) is 1. The van der Waals surface area contributed by atoms with E-state index in [2.05, 4.69) is 5.32 Å². The number of benzene rings is 2. The minimum absolute atomic E-state index is 0.177. The molecule has 150 valence electrons. The van der Waals surface area contributed by atoms with Crippen LogP contribution in [0.25, 0.3) is 0 Å². The molecule has 0 saturated carbocycles. The minimum atomic E-state index is -3.59. The Hall–Kier alpha value is -1.89. The zero-order valence-corrected chi connectivity index (χ0v) is 17.5. The average molecular weight is 421 g/mol. The monoisotopic (exact) mass is 420 g/mol. The van der Waals surface area contributed by atoms with Gasteiger partial charge in [-0.2, -0.15) is 4.31 Å². The van der Waals surface area contributed by atoms with Crippen molar-refractivity contribution in [3.05, 3.63) is 64.2 Å². The summed E-state index contributed by atoms with van der Waals surface area (Å²) in [5, 5.41) is 3.49. The van der Waals surface area contributed by atoms with Crippen molar-refractivity contribution in [1.82, 2.24) is 9.62 Å². The molecule has 0 bridgehead atoms. The zero-order valence-electron chi connectivity index (χ0n) is 15.9. The molecular weight excluding hydrogens is 396 g/mol. The molecule has 3 rings (SSSR count). The zero-order chi connectivity index (χ0) is 20.1. The number of sulfonamides is 1. The first-order chi connectivity index (χ1) is 13.4. The first kappa shape index (κ1) is 20.8. The van der Waals surface area contributed by atoms with E-state index in [0.717, 1.165) is 36.8 Å². The van der Waals surface area contributed by atoms with Crippen molar-refractivity contribution >= 4 is 27.5 Å². The molecule has 0 radical (unpaired) electrons. The Labute approximate surface area is 171 Å². The number of hydrogen-bond acceptors (Lipinski definition) is 3. The molecule has 1 saturated heterocycles. The maximum Gasteiger partial charge on any atom is 0.251 e. The fraction of sp³-hybridized carbons (Fsp3) is 0.381. The van der Waals surface area contributed by atoms with Gasteiger partial charge in [0.15, 0.2) is 0 Å². The van der Waals surface area contributed by atoms with Crippen LogP contribution in [0.3, 0.4) is 0 Å². The predicted octanol–water partition coefficient (Wildman–Crippen LogP) is 4.14. The van der Waals surface area contributed by atoms with Crippen molar-refractivity contribution in [2.45, 2.75) is 44.0 Å². The molecule has 0 aliphatic carbocycles. The van der Waals surface area contributed by atoms with Gasteiger partial charge in [0.25, 0.3) is 5.91 Å². The Morgan fingerprint density at radius 2 is 1.68 bits per heavy atom. The molecule has 1 N–H and O–H groups in total. The standard InChI is InChI=1S/C21H25ClN2O3S/c1-16-6-11-19(28(26,27)24-12-4-2-3-5-13-24)14-20(16)21(25)23-15-17-7-9-18(22)10-8-17/h6-11,14H,2-5,12-13,15H2,1H3,(H,23,25). The molecule has 1 fully saturated rings. The first-order valence-electron chi connectivity index (χ1n) is 9.51. The molecule has 0 spiro atoms. The van der Waals surface area contributed by atoms with E-state index in [9.17, 15) is 13.2 Å². The van der Waals surface area contributed by atoms with Crippen LogP contribution in [0.1, 0.15) is 47.2 Å². The normalized spacial score (nSPS) is 15.8. The lowest BCUT2D eigenvalue weighted by Gasteiger charge is -2.20. The van der Waals surface area contributed by atoms with Crippen molar-refractivity contribution < 1.29 is 13.2 Å². The molecule has 28 heavy (non-hydrogen) atoms. The maximum atomic E-state index is 13.0. The smallest absolute Gasteiger partial charge is 0.251 e. The molecular formula is C21H25ClN2O3S. The second-order valence-electron chi connectivity index (χ2n) is 7.10. The summed E-state index contributed by atoms with van der Waals surface area (Å²) in [5.74, 6) is -0.291. The van der Waals surface area contributed by atoms with Crippen LogP contribution in [0.4, 0.5) is 0 Å². The molecule has 0 unspecified atom stereocenters. The van der Waals surface area contributed by atoms with Crippen LogP contribution in [-0.2, 0) is 16.6 Å². The third kappa shape index (κ3) is 4.93. The van der Waals surface area contributed by atoms with Gasteiger partial charge in [0.1, 0.15) is 0 Å². The van der Waals surface area contributed by atoms with Crippen LogP contribution in [0.2, 0.25) is 5.02 Å². The van der Waals surface area contributed by atoms with Gasteiger partial charge in [0.2, 0.25) is 10.0 Å². The van der Waals surface area contributed by atoms with Crippen LogP contribution in [0, 0.1) is 6.92 Å². The van der Waals surface area contributed by atoms with Gasteiger partial charge in [-0.1, -0.05) is 42.6 Å². The van der Waals surface area contributed by atoms with Gasteiger partial charge in [-0.15, -0.1) is 0 Å². The number of aryl methyl sites for hydroxylation is 1. The fourth-order valence-corrected chi connectivity index (χ4v) is 4.99. The molecule has 1 amide bonds. The Kier molecular flexibility index (Phi) is 6.75. The lowest BCUT2D eigenvalue weighted by atomic mass is 10.1. The highest BCUT2D eigenvalue weighted by molar-refractivity contribution is 7.89. The van der Waals surface area contributed by atoms with E-state index in [1.807, 2.05) is 12.1 Å². The molecule has 1 heterocycles. The number of amides is 1. The van der Waals surface area contributed by atoms with Crippen LogP contribution < -0.4 is 5.32 Å². The Morgan fingerprint density at radius 1 is 1.04 bits per heavy atom. The van der Waals surface area contributed by atoms with Gasteiger partial charge in [0, 0.05) is 30.2 Å². The van der Waals surface area contributed by atoms with Gasteiger partial charge in [0.05, 0.1) is 4.90 Å². The van der Waals surface area contributed by atoms with Gasteiger partial charge in [-0.3, -0.25) is 4.79 Å². The van der Waals surface area contributed by atoms with Gasteiger partial charge in [-0.25, -0.2) is 8.42 Å². The summed E-state index contributed by atoms with van der Waals surface area (Å²) in [7, 11) is -3.59. The number of carbonyl (C=O) groups excluding carboxylic acids is 1. The Balaban J connectivity index is 1.78. The van der Waals surface area contributed by atoms with Crippen LogP contribution in [-0.4, -0.2) is 31.7 Å². The van der Waals surface area contributed by atoms with Crippen molar-refractivity contribution in [3.63, 3.8) is 0 Å². The lowest BCUT2D eigenvalue weighted by molar-refractivity contribution is 0.0950. The quantitative estimate of drug-likeness (QED) is 0.790. The topological polar surface area (TPSA) is 66.5 Å². The first-order valence-corrected chi connectivity index (χ1v) is 11.3. The summed E-state index contributed by atoms with van der Waals surface area (Å²) in [6.07, 6.45) is 3.86. The summed E-state index contributed by atoms with van der Waals surface area (Å²) in [5.41, 5.74) is 2.04. The molecule has 5 nitrogen and oxygen atoms in total. The van der Waals surface area contributed by atoms with Crippen molar-refractivity contribution in [2.24, 2.45) is 0 Å². The molecule has 0 atom stereocenters. The van der Waals surface area contributed by atoms with E-state index in [1.54, 1.807) is 35.5 Å². The lowest BCUT2D eigenvalue weighted by Crippen LogP contribution is -2.32. The number of rotatable bonds is 5. The summed E-state index contributed by atoms with van der Waals surface area (Å²) in [6, 6.07) is 12.0. The summed E-state index contributed by atoms with van der Waals surface area (Å²) < 4.78 is 27.6. The minimum Gasteiger partial charge on any atom is -0.348 e. The highest BCUT2D eigenvalue weighted by atomic mass is 35.5. The summed E-state index contributed by atoms with van der Waals surface area (Å²) >= 11 is 5.88. The second-order valence-corrected chi connectivity index (χ2v) is 9.48. The molecule has 2 aromatic rings. The van der Waals surface area contributed by atoms with E-state index in [1.165, 1.54) is 6.07 Å². The Bertz CT molecular complexity index is 935. The third-order valence-corrected chi connectivity index (χ3v) is 7.17. The number of hydrogen-bond donors (Lipinski definition) is 1. The molecule has 7 heteroatoms. The van der Waals surface area contributed by atoms with E-state index < -0.39 is 10.0 Å². The fourth-order valence-electron chi connectivity index (χ4n) is 3.32. The molecule has 1 aliphatic heterocycles. The maximum absolute atomic E-state index is 13.0. The van der Waals surface area contributed by atoms with Gasteiger partial charge < -0.3 is 5.32 Å². The highest BCUT2D eigenvalue weighted by Gasteiger charge is 2.26. The van der Waals surface area contributed by atoms with Crippen molar-refractivity contribution in [3.8, 4) is 0 Å². The average Bonchev–Trinajstić information content (AvgIpc) is 2.97. The second kappa shape index (κ2) is 9.07. The number of carbonyl (C=O) groups is 1. The van der Waals surface area contributed by atoms with Crippen LogP contribution in [0.15, 0.2) is 47.4 Å². The van der Waals surface area contributed by atoms with E-state index in [4.69, 9.17) is 11.6 Å². The summed E-state index contributed by atoms with van der Waals surface area (Å²) in [6.45, 7) is 3.22. The molecule has 2 aromatic carbocycles. The van der Waals surface area contributed by atoms with E-state index in [-0.39, 0.29) is 10.8 Å². The highest BCUT2D eigenvalue weighted by Crippen LogP contribution is 2.23. The third-order valence-electron chi connectivity index (χ3n) is 5.02. The van der Waals surface area contributed by atoms with Crippen LogP contribution in [0.5, 0.6) is 0 Å². The number of halogens is 1. The van der Waals surface area contributed by atoms with Crippen LogP contribution >= 0.6 is 11.6 Å². The molecule has 1 aliphatic rings. The summed E-state index contributed by atoms with van der Waals surface area (Å²) in [4.78, 5) is 12.8. The van der Waals surface area contributed by atoms with Gasteiger partial charge >= 0.3 is 0 Å². The largest absolute Gasteiger partial charge is 0.348 e. The van der Waals surface area contributed by atoms with Crippen molar-refractivity contribution in [1.29, 1.82) is 0 Å². The predicted molar refractivity (Wildman–Crippen MR) is 111 cm³/mol. The molecule has 0 aromatic heterocycles.